The number of anilines is 2. The maximum Gasteiger partial charge on any atom is 0.276 e. The maximum absolute atomic E-state index is 12.6. The number of ether oxygens (including phenoxy) is 1. The monoisotopic (exact) mass is 432 g/mol. The minimum Gasteiger partial charge on any atom is -0.379 e. The lowest BCUT2D eigenvalue weighted by molar-refractivity contribution is 0.0390. The van der Waals surface area contributed by atoms with Crippen molar-refractivity contribution in [2.75, 3.05) is 44.7 Å². The van der Waals surface area contributed by atoms with Crippen LogP contribution in [0.2, 0.25) is 0 Å². The number of H-pyrrole nitrogens is 1. The number of nitrogens with one attached hydrogen (secondary N) is 3. The third-order valence-electron chi connectivity index (χ3n) is 6.26. The summed E-state index contributed by atoms with van der Waals surface area (Å²) >= 11 is 0. The van der Waals surface area contributed by atoms with E-state index in [0.29, 0.717) is 32.3 Å². The van der Waals surface area contributed by atoms with Crippen molar-refractivity contribution in [1.82, 2.24) is 24.8 Å². The van der Waals surface area contributed by atoms with Gasteiger partial charge < -0.3 is 10.1 Å². The second-order valence-corrected chi connectivity index (χ2v) is 9.87. The van der Waals surface area contributed by atoms with E-state index in [2.05, 4.69) is 36.2 Å². The summed E-state index contributed by atoms with van der Waals surface area (Å²) in [5.74, 6) is 0.373. The number of hydrogen-bond donors (Lipinski definition) is 3. The second kappa shape index (κ2) is 8.26. The molecule has 0 atom stereocenters. The first-order valence-corrected chi connectivity index (χ1v) is 12.2. The molecule has 0 bridgehead atoms. The smallest absolute Gasteiger partial charge is 0.276 e. The van der Waals surface area contributed by atoms with Crippen molar-refractivity contribution in [1.29, 1.82) is 0 Å². The van der Waals surface area contributed by atoms with E-state index in [9.17, 15) is 8.42 Å². The molecule has 0 amide bonds. The van der Waals surface area contributed by atoms with Crippen molar-refractivity contribution in [2.24, 2.45) is 0 Å². The standard InChI is InChI=1S/C20H28N6O3S/c27-30(28,21-7-8-26-9-11-29-12-10-26)20-23-19(24-25-20)22-18-16-5-1-3-14(16)13-15-4-2-6-17(15)18/h13,21H,1-12H2,(H2,22,23,24,25). The molecule has 1 aromatic carbocycles. The molecule has 1 fully saturated rings. The van der Waals surface area contributed by atoms with Crippen LogP contribution in [0.15, 0.2) is 11.2 Å². The number of aromatic nitrogens is 3. The van der Waals surface area contributed by atoms with Gasteiger partial charge in [0.15, 0.2) is 0 Å². The SMILES string of the molecule is O=S(=O)(NCCN1CCOCC1)c1nnc(Nc2c3c(cc4c2CCC4)CCC3)[nH]1. The van der Waals surface area contributed by atoms with Gasteiger partial charge in [-0.1, -0.05) is 6.07 Å². The minimum absolute atomic E-state index is 0.156. The summed E-state index contributed by atoms with van der Waals surface area (Å²) in [7, 11) is -3.73. The number of nitrogens with zero attached hydrogens (tertiary/aromatic N) is 3. The van der Waals surface area contributed by atoms with Crippen LogP contribution in [0.25, 0.3) is 0 Å². The first-order chi connectivity index (χ1) is 14.6. The molecule has 1 aromatic heterocycles. The van der Waals surface area contributed by atoms with Crippen molar-refractivity contribution in [3.8, 4) is 0 Å². The molecule has 1 saturated heterocycles. The van der Waals surface area contributed by atoms with Gasteiger partial charge in [-0.05, 0) is 60.8 Å². The number of benzene rings is 1. The quantitative estimate of drug-likeness (QED) is 0.601. The summed E-state index contributed by atoms with van der Waals surface area (Å²) in [5, 5.41) is 11.2. The molecule has 1 aliphatic heterocycles. The molecule has 30 heavy (non-hydrogen) atoms. The van der Waals surface area contributed by atoms with Crippen molar-refractivity contribution in [3.63, 3.8) is 0 Å². The molecule has 5 rings (SSSR count). The molecule has 3 N–H and O–H groups in total. The van der Waals surface area contributed by atoms with Crippen LogP contribution in [-0.4, -0.2) is 67.9 Å². The zero-order valence-electron chi connectivity index (χ0n) is 17.0. The van der Waals surface area contributed by atoms with Crippen LogP contribution in [0.3, 0.4) is 0 Å². The van der Waals surface area contributed by atoms with Gasteiger partial charge in [-0.25, -0.2) is 13.1 Å². The normalized spacial score (nSPS) is 19.1. The number of hydrogen-bond acceptors (Lipinski definition) is 7. The molecular formula is C20H28N6O3S. The molecule has 2 heterocycles. The summed E-state index contributed by atoms with van der Waals surface area (Å²) in [5.41, 5.74) is 6.63. The Hall–Kier alpha value is -2.01. The number of aryl methyl sites for hydroxylation is 2. The summed E-state index contributed by atoms with van der Waals surface area (Å²) in [6.07, 6.45) is 6.65. The van der Waals surface area contributed by atoms with Crippen molar-refractivity contribution < 1.29 is 13.2 Å². The average Bonchev–Trinajstić information content (AvgIpc) is 3.49. The molecule has 10 heteroatoms. The summed E-state index contributed by atoms with van der Waals surface area (Å²) in [6, 6.07) is 2.37. The van der Waals surface area contributed by atoms with E-state index in [1.165, 1.54) is 22.3 Å². The molecule has 9 nitrogen and oxygen atoms in total. The van der Waals surface area contributed by atoms with Crippen molar-refractivity contribution in [3.05, 3.63) is 28.3 Å². The van der Waals surface area contributed by atoms with Crippen LogP contribution in [0.4, 0.5) is 11.6 Å². The average molecular weight is 433 g/mol. The predicted molar refractivity (Wildman–Crippen MR) is 113 cm³/mol. The third kappa shape index (κ3) is 3.96. The molecule has 0 spiro atoms. The number of fused-ring (bicyclic) bond motifs is 2. The van der Waals surface area contributed by atoms with Gasteiger partial charge in [0.2, 0.25) is 5.95 Å². The zero-order chi connectivity index (χ0) is 20.6. The van der Waals surface area contributed by atoms with Crippen LogP contribution in [0.1, 0.15) is 35.1 Å². The fraction of sp³-hybridized carbons (Fsp3) is 0.600. The predicted octanol–water partition coefficient (Wildman–Crippen LogP) is 1.14. The van der Waals surface area contributed by atoms with Crippen molar-refractivity contribution >= 4 is 21.7 Å². The molecule has 2 aliphatic carbocycles. The van der Waals surface area contributed by atoms with Gasteiger partial charge in [-0.3, -0.25) is 9.88 Å². The van der Waals surface area contributed by atoms with Gasteiger partial charge in [-0.2, -0.15) is 0 Å². The largest absolute Gasteiger partial charge is 0.379 e. The Bertz CT molecular complexity index is 997. The minimum atomic E-state index is -3.73. The fourth-order valence-corrected chi connectivity index (χ4v) is 5.62. The Morgan fingerprint density at radius 2 is 1.73 bits per heavy atom. The summed E-state index contributed by atoms with van der Waals surface area (Å²) < 4.78 is 33.1. The van der Waals surface area contributed by atoms with Crippen LogP contribution < -0.4 is 10.0 Å². The molecule has 0 radical (unpaired) electrons. The van der Waals surface area contributed by atoms with E-state index in [1.54, 1.807) is 0 Å². The Balaban J connectivity index is 1.28. The number of rotatable bonds is 7. The van der Waals surface area contributed by atoms with Gasteiger partial charge in [-0.15, -0.1) is 10.2 Å². The van der Waals surface area contributed by atoms with Crippen LogP contribution >= 0.6 is 0 Å². The molecule has 162 valence electrons. The van der Waals surface area contributed by atoms with E-state index in [4.69, 9.17) is 4.74 Å². The van der Waals surface area contributed by atoms with Crippen LogP contribution in [0.5, 0.6) is 0 Å². The third-order valence-corrected chi connectivity index (χ3v) is 7.54. The number of sulfonamides is 1. The highest BCUT2D eigenvalue weighted by Gasteiger charge is 2.25. The second-order valence-electron chi connectivity index (χ2n) is 8.19. The van der Waals surface area contributed by atoms with Gasteiger partial charge in [0, 0.05) is 31.9 Å². The van der Waals surface area contributed by atoms with Crippen molar-refractivity contribution in [2.45, 2.75) is 43.7 Å². The van der Waals surface area contributed by atoms with Crippen LogP contribution in [-0.2, 0) is 40.4 Å². The van der Waals surface area contributed by atoms with Gasteiger partial charge in [0.1, 0.15) is 0 Å². The molecule has 0 unspecified atom stereocenters. The first kappa shape index (κ1) is 19.9. The highest BCUT2D eigenvalue weighted by atomic mass is 32.2. The lowest BCUT2D eigenvalue weighted by Crippen LogP contribution is -2.41. The van der Waals surface area contributed by atoms with E-state index in [0.717, 1.165) is 57.3 Å². The Morgan fingerprint density at radius 1 is 1.03 bits per heavy atom. The van der Waals surface area contributed by atoms with Gasteiger partial charge >= 0.3 is 0 Å². The van der Waals surface area contributed by atoms with Gasteiger partial charge in [0.25, 0.3) is 15.2 Å². The lowest BCUT2D eigenvalue weighted by atomic mass is 9.99. The lowest BCUT2D eigenvalue weighted by Gasteiger charge is -2.26. The topological polar surface area (TPSA) is 112 Å². The highest BCUT2D eigenvalue weighted by molar-refractivity contribution is 7.89. The number of morpholine rings is 1. The summed E-state index contributed by atoms with van der Waals surface area (Å²) in [6.45, 7) is 4.00. The Morgan fingerprint density at radius 3 is 2.43 bits per heavy atom. The zero-order valence-corrected chi connectivity index (χ0v) is 17.9. The van der Waals surface area contributed by atoms with E-state index in [1.807, 2.05) is 0 Å². The fourth-order valence-electron chi connectivity index (χ4n) is 4.74. The van der Waals surface area contributed by atoms with E-state index in [-0.39, 0.29) is 5.16 Å². The van der Waals surface area contributed by atoms with E-state index < -0.39 is 10.0 Å². The Labute approximate surface area is 176 Å². The molecule has 2 aromatic rings. The molecule has 0 saturated carbocycles. The summed E-state index contributed by atoms with van der Waals surface area (Å²) in [4.78, 5) is 5.03. The first-order valence-electron chi connectivity index (χ1n) is 10.8. The van der Waals surface area contributed by atoms with Gasteiger partial charge in [0.05, 0.1) is 13.2 Å². The molecular weight excluding hydrogens is 404 g/mol. The van der Waals surface area contributed by atoms with Crippen LogP contribution in [0, 0.1) is 0 Å². The Kier molecular flexibility index (Phi) is 5.48. The maximum atomic E-state index is 12.6. The number of aromatic amines is 1. The highest BCUT2D eigenvalue weighted by Crippen LogP contribution is 2.39. The van der Waals surface area contributed by atoms with E-state index >= 15 is 0 Å². The molecule has 3 aliphatic rings.